The number of amides is 1. The highest BCUT2D eigenvalue weighted by Gasteiger charge is 2.30. The first kappa shape index (κ1) is 15.5. The summed E-state index contributed by atoms with van der Waals surface area (Å²) < 4.78 is 5.81. The van der Waals surface area contributed by atoms with Crippen molar-refractivity contribution < 1.29 is 9.21 Å². The number of halogens is 1. The lowest BCUT2D eigenvalue weighted by Crippen LogP contribution is -2.38. The number of hydrogen-bond acceptors (Lipinski definition) is 3. The van der Waals surface area contributed by atoms with Gasteiger partial charge in [0.2, 0.25) is 0 Å². The molecule has 2 aromatic heterocycles. The Kier molecular flexibility index (Phi) is 3.94. The number of carbonyl (C=O) groups excluding carboxylic acids is 1. The lowest BCUT2D eigenvalue weighted by Gasteiger charge is -2.33. The standard InChI is InChI=1S/C19H16ClNO2S/c1-12-13-9-11-24-18(13)8-10-21(12)19(22)17-7-6-16(23-17)14-4-2-3-5-15(14)20/h2-7,9,11-12H,8,10H2,1H3. The summed E-state index contributed by atoms with van der Waals surface area (Å²) in [7, 11) is 0. The van der Waals surface area contributed by atoms with Gasteiger partial charge >= 0.3 is 0 Å². The van der Waals surface area contributed by atoms with Crippen molar-refractivity contribution in [2.24, 2.45) is 0 Å². The fourth-order valence-corrected chi connectivity index (χ4v) is 4.38. The molecular formula is C19H16ClNO2S. The molecule has 24 heavy (non-hydrogen) atoms. The second kappa shape index (κ2) is 6.11. The summed E-state index contributed by atoms with van der Waals surface area (Å²) in [5, 5.41) is 2.71. The maximum Gasteiger partial charge on any atom is 0.290 e. The summed E-state index contributed by atoms with van der Waals surface area (Å²) >= 11 is 7.97. The van der Waals surface area contributed by atoms with E-state index in [0.717, 1.165) is 18.5 Å². The number of thiophene rings is 1. The van der Waals surface area contributed by atoms with Gasteiger partial charge in [-0.1, -0.05) is 23.7 Å². The Morgan fingerprint density at radius 2 is 2.08 bits per heavy atom. The van der Waals surface area contributed by atoms with Crippen LogP contribution in [0.15, 0.2) is 52.3 Å². The third-order valence-electron chi connectivity index (χ3n) is 4.49. The number of nitrogens with zero attached hydrogens (tertiary/aromatic N) is 1. The van der Waals surface area contributed by atoms with Gasteiger partial charge in [-0.2, -0.15) is 0 Å². The van der Waals surface area contributed by atoms with Crippen molar-refractivity contribution in [3.05, 3.63) is 69.1 Å². The van der Waals surface area contributed by atoms with Gasteiger partial charge in [0, 0.05) is 17.0 Å². The fourth-order valence-electron chi connectivity index (χ4n) is 3.19. The zero-order chi connectivity index (χ0) is 16.7. The molecular weight excluding hydrogens is 342 g/mol. The molecule has 0 N–H and O–H groups in total. The summed E-state index contributed by atoms with van der Waals surface area (Å²) in [5.41, 5.74) is 2.04. The van der Waals surface area contributed by atoms with E-state index in [1.165, 1.54) is 10.4 Å². The van der Waals surface area contributed by atoms with E-state index in [9.17, 15) is 4.79 Å². The van der Waals surface area contributed by atoms with Gasteiger partial charge in [0.05, 0.1) is 11.1 Å². The second-order valence-electron chi connectivity index (χ2n) is 5.87. The molecule has 1 amide bonds. The van der Waals surface area contributed by atoms with Crippen LogP contribution in [-0.4, -0.2) is 17.4 Å². The molecule has 1 unspecified atom stereocenters. The van der Waals surface area contributed by atoms with Gasteiger partial charge in [-0.3, -0.25) is 4.79 Å². The summed E-state index contributed by atoms with van der Waals surface area (Å²) in [6.45, 7) is 2.79. The molecule has 4 rings (SSSR count). The highest BCUT2D eigenvalue weighted by atomic mass is 35.5. The average Bonchev–Trinajstić information content (AvgIpc) is 3.25. The Hall–Kier alpha value is -2.04. The molecule has 122 valence electrons. The molecule has 3 nitrogen and oxygen atoms in total. The van der Waals surface area contributed by atoms with Crippen LogP contribution in [0.25, 0.3) is 11.3 Å². The number of furan rings is 1. The zero-order valence-corrected chi connectivity index (χ0v) is 14.7. The molecule has 0 bridgehead atoms. The molecule has 0 saturated carbocycles. The largest absolute Gasteiger partial charge is 0.451 e. The van der Waals surface area contributed by atoms with Gasteiger partial charge in [0.25, 0.3) is 5.91 Å². The first-order valence-corrected chi connectivity index (χ1v) is 9.13. The van der Waals surface area contributed by atoms with Crippen molar-refractivity contribution >= 4 is 28.8 Å². The molecule has 0 spiro atoms. The molecule has 0 saturated heterocycles. The minimum Gasteiger partial charge on any atom is -0.451 e. The Labute approximate surface area is 149 Å². The topological polar surface area (TPSA) is 33.5 Å². The molecule has 1 aliphatic rings. The molecule has 1 aliphatic heterocycles. The summed E-state index contributed by atoms with van der Waals surface area (Å²) in [4.78, 5) is 16.1. The van der Waals surface area contributed by atoms with Gasteiger partial charge in [0.1, 0.15) is 5.76 Å². The number of hydrogen-bond donors (Lipinski definition) is 0. The van der Waals surface area contributed by atoms with Crippen LogP contribution in [0, 0.1) is 0 Å². The van der Waals surface area contributed by atoms with Crippen LogP contribution in [0.2, 0.25) is 5.02 Å². The Morgan fingerprint density at radius 1 is 1.25 bits per heavy atom. The molecule has 1 aromatic carbocycles. The van der Waals surface area contributed by atoms with E-state index in [1.54, 1.807) is 23.5 Å². The minimum absolute atomic E-state index is 0.0707. The number of rotatable bonds is 2. The molecule has 0 aliphatic carbocycles. The molecule has 5 heteroatoms. The molecule has 3 aromatic rings. The smallest absolute Gasteiger partial charge is 0.290 e. The quantitative estimate of drug-likeness (QED) is 0.613. The van der Waals surface area contributed by atoms with Gasteiger partial charge < -0.3 is 9.32 Å². The highest BCUT2D eigenvalue weighted by Crippen LogP contribution is 2.35. The van der Waals surface area contributed by atoms with Gasteiger partial charge in [-0.25, -0.2) is 0 Å². The van der Waals surface area contributed by atoms with Crippen LogP contribution in [0.1, 0.15) is 34.0 Å². The van der Waals surface area contributed by atoms with Crippen molar-refractivity contribution in [1.82, 2.24) is 4.90 Å². The van der Waals surface area contributed by atoms with E-state index in [-0.39, 0.29) is 11.9 Å². The van der Waals surface area contributed by atoms with Gasteiger partial charge in [-0.05, 0) is 54.6 Å². The number of benzene rings is 1. The lowest BCUT2D eigenvalue weighted by atomic mass is 10.0. The van der Waals surface area contributed by atoms with Crippen molar-refractivity contribution in [3.63, 3.8) is 0 Å². The SMILES string of the molecule is CC1c2ccsc2CCN1C(=O)c1ccc(-c2ccccc2Cl)o1. The fraction of sp³-hybridized carbons (Fsp3) is 0.211. The van der Waals surface area contributed by atoms with Crippen LogP contribution < -0.4 is 0 Å². The van der Waals surface area contributed by atoms with E-state index < -0.39 is 0 Å². The van der Waals surface area contributed by atoms with Crippen LogP contribution >= 0.6 is 22.9 Å². The predicted molar refractivity (Wildman–Crippen MR) is 96.6 cm³/mol. The van der Waals surface area contributed by atoms with Crippen molar-refractivity contribution in [1.29, 1.82) is 0 Å². The number of fused-ring (bicyclic) bond motifs is 1. The van der Waals surface area contributed by atoms with E-state index in [1.807, 2.05) is 29.2 Å². The van der Waals surface area contributed by atoms with Gasteiger partial charge in [-0.15, -0.1) is 11.3 Å². The van der Waals surface area contributed by atoms with E-state index in [4.69, 9.17) is 16.0 Å². The first-order chi connectivity index (χ1) is 11.6. The van der Waals surface area contributed by atoms with E-state index in [0.29, 0.717) is 16.5 Å². The predicted octanol–water partition coefficient (Wildman–Crippen LogP) is 5.42. The molecule has 3 heterocycles. The van der Waals surface area contributed by atoms with Crippen molar-refractivity contribution in [3.8, 4) is 11.3 Å². The van der Waals surface area contributed by atoms with E-state index >= 15 is 0 Å². The van der Waals surface area contributed by atoms with Crippen LogP contribution in [0.4, 0.5) is 0 Å². The Balaban J connectivity index is 1.61. The average molecular weight is 358 g/mol. The molecule has 0 fully saturated rings. The Morgan fingerprint density at radius 3 is 2.92 bits per heavy atom. The summed E-state index contributed by atoms with van der Waals surface area (Å²) in [6, 6.07) is 13.2. The van der Waals surface area contributed by atoms with Gasteiger partial charge in [0.15, 0.2) is 5.76 Å². The normalized spacial score (nSPS) is 16.9. The third-order valence-corrected chi connectivity index (χ3v) is 5.82. The van der Waals surface area contributed by atoms with E-state index in [2.05, 4.69) is 18.4 Å². The van der Waals surface area contributed by atoms with Crippen molar-refractivity contribution in [2.45, 2.75) is 19.4 Å². The van der Waals surface area contributed by atoms with Crippen LogP contribution in [0.5, 0.6) is 0 Å². The summed E-state index contributed by atoms with van der Waals surface area (Å²) in [5.74, 6) is 0.901. The minimum atomic E-state index is -0.0716. The van der Waals surface area contributed by atoms with Crippen LogP contribution in [-0.2, 0) is 6.42 Å². The number of carbonyl (C=O) groups is 1. The maximum absolute atomic E-state index is 12.9. The third kappa shape index (κ3) is 2.56. The van der Waals surface area contributed by atoms with Crippen molar-refractivity contribution in [2.75, 3.05) is 6.54 Å². The Bertz CT molecular complexity index is 898. The summed E-state index contributed by atoms with van der Waals surface area (Å²) in [6.07, 6.45) is 0.904. The molecule has 0 radical (unpaired) electrons. The monoisotopic (exact) mass is 357 g/mol. The molecule has 1 atom stereocenters. The maximum atomic E-state index is 12.9. The first-order valence-electron chi connectivity index (χ1n) is 7.87. The zero-order valence-electron chi connectivity index (χ0n) is 13.2. The van der Waals surface area contributed by atoms with Crippen LogP contribution in [0.3, 0.4) is 0 Å². The lowest BCUT2D eigenvalue weighted by molar-refractivity contribution is 0.0647. The second-order valence-corrected chi connectivity index (χ2v) is 7.28. The highest BCUT2D eigenvalue weighted by molar-refractivity contribution is 7.10.